The Bertz CT molecular complexity index is 711. The zero-order valence-corrected chi connectivity index (χ0v) is 17.6. The van der Waals surface area contributed by atoms with Gasteiger partial charge in [-0.05, 0) is 43.1 Å². The van der Waals surface area contributed by atoms with Crippen LogP contribution in [-0.4, -0.2) is 34.7 Å². The number of benzene rings is 1. The molecule has 0 aromatic heterocycles. The third kappa shape index (κ3) is 5.86. The van der Waals surface area contributed by atoms with Gasteiger partial charge in [0, 0.05) is 18.1 Å². The summed E-state index contributed by atoms with van der Waals surface area (Å²) in [5.74, 6) is 2.19. The molecule has 4 nitrogen and oxygen atoms in total. The minimum atomic E-state index is 0.0135. The van der Waals surface area contributed by atoms with Crippen LogP contribution in [0.25, 0.3) is 0 Å². The van der Waals surface area contributed by atoms with Crippen LogP contribution in [0.15, 0.2) is 40.6 Å². The van der Waals surface area contributed by atoms with E-state index in [9.17, 15) is 9.90 Å². The number of ether oxygens (including phenoxy) is 1. The maximum absolute atomic E-state index is 12.9. The second kappa shape index (κ2) is 10.5. The fraction of sp³-hybridized carbons (Fsp3) is 0.545. The molecule has 148 valence electrons. The van der Waals surface area contributed by atoms with Crippen molar-refractivity contribution in [3.05, 3.63) is 35.6 Å². The Kier molecular flexibility index (Phi) is 8.42. The number of methoxy groups -OCH3 is 1. The van der Waals surface area contributed by atoms with Crippen molar-refractivity contribution in [1.82, 2.24) is 0 Å². The summed E-state index contributed by atoms with van der Waals surface area (Å²) in [5, 5.41) is 11.0. The first-order valence-electron chi connectivity index (χ1n) is 9.77. The molecule has 1 aromatic rings. The summed E-state index contributed by atoms with van der Waals surface area (Å²) in [6.07, 6.45) is 3.47. The van der Waals surface area contributed by atoms with E-state index in [1.54, 1.807) is 7.11 Å². The average molecular weight is 390 g/mol. The highest BCUT2D eigenvalue weighted by atomic mass is 32.2. The van der Waals surface area contributed by atoms with E-state index in [0.29, 0.717) is 47.2 Å². The maximum Gasteiger partial charge on any atom is 0.168 e. The summed E-state index contributed by atoms with van der Waals surface area (Å²) in [6.45, 7) is 6.37. The summed E-state index contributed by atoms with van der Waals surface area (Å²) in [4.78, 5) is 17.7. The van der Waals surface area contributed by atoms with Crippen LogP contribution < -0.4 is 4.74 Å². The number of allylic oxidation sites excluding steroid dienone is 2. The monoisotopic (exact) mass is 389 g/mol. The van der Waals surface area contributed by atoms with Gasteiger partial charge in [-0.15, -0.1) is 0 Å². The smallest absolute Gasteiger partial charge is 0.168 e. The van der Waals surface area contributed by atoms with Gasteiger partial charge in [-0.1, -0.05) is 32.9 Å². The molecule has 1 N–H and O–H groups in total. The van der Waals surface area contributed by atoms with Gasteiger partial charge in [-0.25, -0.2) is 4.99 Å². The molecule has 0 radical (unpaired) electrons. The number of nitrogens with zero attached hydrogens (tertiary/aromatic N) is 1. The highest BCUT2D eigenvalue weighted by molar-refractivity contribution is 7.99. The van der Waals surface area contributed by atoms with Crippen molar-refractivity contribution >= 4 is 28.9 Å². The zero-order valence-electron chi connectivity index (χ0n) is 16.8. The van der Waals surface area contributed by atoms with Gasteiger partial charge in [0.15, 0.2) is 5.78 Å². The Balaban J connectivity index is 2.40. The number of hydrogen-bond acceptors (Lipinski definition) is 5. The van der Waals surface area contributed by atoms with Gasteiger partial charge in [0.05, 0.1) is 18.4 Å². The Morgan fingerprint density at radius 3 is 2.74 bits per heavy atom. The number of aliphatic imine (C=N–C) groups is 1. The molecule has 1 saturated carbocycles. The highest BCUT2D eigenvalue weighted by Crippen LogP contribution is 2.35. The molecule has 1 fully saturated rings. The summed E-state index contributed by atoms with van der Waals surface area (Å²) in [6, 6.07) is 7.53. The number of thioether (sulfide) groups is 1. The SMILES string of the molecule is CCCC(O)=C1C(=O)CC(CC(C)SCC)CC1=Nc1ccccc1OC. The molecular weight excluding hydrogens is 358 g/mol. The molecule has 0 heterocycles. The van der Waals surface area contributed by atoms with E-state index in [1.165, 1.54) is 0 Å². The van der Waals surface area contributed by atoms with Crippen LogP contribution in [0.5, 0.6) is 5.75 Å². The van der Waals surface area contributed by atoms with E-state index in [4.69, 9.17) is 9.73 Å². The number of hydrogen-bond donors (Lipinski definition) is 1. The van der Waals surface area contributed by atoms with Crippen molar-refractivity contribution < 1.29 is 14.6 Å². The fourth-order valence-electron chi connectivity index (χ4n) is 3.62. The van der Waals surface area contributed by atoms with Gasteiger partial charge in [0.25, 0.3) is 0 Å². The quantitative estimate of drug-likeness (QED) is 0.445. The molecule has 0 spiro atoms. The molecule has 0 bridgehead atoms. The predicted molar refractivity (Wildman–Crippen MR) is 115 cm³/mol. The van der Waals surface area contributed by atoms with Crippen LogP contribution in [0.3, 0.4) is 0 Å². The van der Waals surface area contributed by atoms with Gasteiger partial charge in [0.1, 0.15) is 17.2 Å². The van der Waals surface area contributed by atoms with Crippen molar-refractivity contribution in [3.8, 4) is 5.75 Å². The number of aliphatic hydroxyl groups excluding tert-OH is 1. The molecule has 27 heavy (non-hydrogen) atoms. The molecule has 0 saturated heterocycles. The highest BCUT2D eigenvalue weighted by Gasteiger charge is 2.32. The molecule has 0 amide bonds. The van der Waals surface area contributed by atoms with Gasteiger partial charge >= 0.3 is 0 Å². The first-order chi connectivity index (χ1) is 13.0. The molecule has 1 aliphatic carbocycles. The Labute approximate surface area is 167 Å². The number of carbonyl (C=O) groups is 1. The molecule has 2 rings (SSSR count). The first-order valence-corrected chi connectivity index (χ1v) is 10.8. The summed E-state index contributed by atoms with van der Waals surface area (Å²) in [5.41, 5.74) is 1.82. The van der Waals surface area contributed by atoms with Crippen molar-refractivity contribution in [3.63, 3.8) is 0 Å². The van der Waals surface area contributed by atoms with E-state index in [-0.39, 0.29) is 17.5 Å². The Morgan fingerprint density at radius 1 is 1.33 bits per heavy atom. The number of rotatable bonds is 8. The van der Waals surface area contributed by atoms with E-state index >= 15 is 0 Å². The van der Waals surface area contributed by atoms with Crippen molar-refractivity contribution in [2.45, 2.75) is 58.1 Å². The lowest BCUT2D eigenvalue weighted by molar-refractivity contribution is -0.116. The van der Waals surface area contributed by atoms with E-state index in [0.717, 1.165) is 18.6 Å². The van der Waals surface area contributed by atoms with Crippen LogP contribution in [0.4, 0.5) is 5.69 Å². The third-order valence-corrected chi connectivity index (χ3v) is 5.85. The predicted octanol–water partition coefficient (Wildman–Crippen LogP) is 5.89. The van der Waals surface area contributed by atoms with Gasteiger partial charge < -0.3 is 9.84 Å². The maximum atomic E-state index is 12.9. The van der Waals surface area contributed by atoms with E-state index in [1.807, 2.05) is 43.0 Å². The standard InChI is InChI=1S/C22H31NO3S/c1-5-9-19(24)22-18(23-17-10-7-8-11-21(17)26-4)13-16(14-20(22)25)12-15(3)27-6-2/h7-8,10-11,15-16,24H,5-6,9,12-14H2,1-4H3. The minimum Gasteiger partial charge on any atom is -0.511 e. The van der Waals surface area contributed by atoms with Crippen LogP contribution >= 0.6 is 11.8 Å². The molecule has 1 aliphatic rings. The summed E-state index contributed by atoms with van der Waals surface area (Å²) in [7, 11) is 1.61. The number of Topliss-reactive ketones (excluding diaryl/α,β-unsaturated/α-hetero) is 1. The van der Waals surface area contributed by atoms with Crippen LogP contribution in [0.1, 0.15) is 52.9 Å². The number of ketones is 1. The van der Waals surface area contributed by atoms with Crippen LogP contribution in [-0.2, 0) is 4.79 Å². The largest absolute Gasteiger partial charge is 0.511 e. The third-order valence-electron chi connectivity index (χ3n) is 4.76. The number of para-hydroxylation sites is 2. The van der Waals surface area contributed by atoms with Crippen molar-refractivity contribution in [1.29, 1.82) is 0 Å². The summed E-state index contributed by atoms with van der Waals surface area (Å²) < 4.78 is 5.41. The van der Waals surface area contributed by atoms with Gasteiger partial charge in [-0.2, -0.15) is 11.8 Å². The zero-order chi connectivity index (χ0) is 19.8. The number of carbonyl (C=O) groups excluding carboxylic acids is 1. The molecule has 0 aliphatic heterocycles. The second-order valence-electron chi connectivity index (χ2n) is 7.00. The van der Waals surface area contributed by atoms with Crippen LogP contribution in [0.2, 0.25) is 0 Å². The van der Waals surface area contributed by atoms with E-state index in [2.05, 4.69) is 13.8 Å². The average Bonchev–Trinajstić information content (AvgIpc) is 2.62. The lowest BCUT2D eigenvalue weighted by Gasteiger charge is -2.27. The first kappa shape index (κ1) is 21.5. The normalized spacial score (nSPS) is 22.0. The lowest BCUT2D eigenvalue weighted by Crippen LogP contribution is -2.29. The topological polar surface area (TPSA) is 58.9 Å². The van der Waals surface area contributed by atoms with Crippen molar-refractivity contribution in [2.75, 3.05) is 12.9 Å². The molecule has 2 unspecified atom stereocenters. The minimum absolute atomic E-state index is 0.0135. The van der Waals surface area contributed by atoms with Gasteiger partial charge in [-0.3, -0.25) is 4.79 Å². The fourth-order valence-corrected chi connectivity index (χ4v) is 4.60. The molecule has 2 atom stereocenters. The van der Waals surface area contributed by atoms with Crippen LogP contribution in [0, 0.1) is 5.92 Å². The lowest BCUT2D eigenvalue weighted by atomic mass is 9.80. The number of aliphatic hydroxyl groups is 1. The van der Waals surface area contributed by atoms with Gasteiger partial charge in [0.2, 0.25) is 0 Å². The molecule has 5 heteroatoms. The van der Waals surface area contributed by atoms with E-state index < -0.39 is 0 Å². The summed E-state index contributed by atoms with van der Waals surface area (Å²) >= 11 is 1.92. The Morgan fingerprint density at radius 2 is 2.07 bits per heavy atom. The Hall–Kier alpha value is -1.75. The molecular formula is C22H31NO3S. The second-order valence-corrected chi connectivity index (χ2v) is 8.72. The molecule has 1 aromatic carbocycles. The van der Waals surface area contributed by atoms with Crippen molar-refractivity contribution in [2.24, 2.45) is 10.9 Å².